The Balaban J connectivity index is 3.08. The number of unbranched alkanes of at least 4 members (excludes halogenated alkanes) is 5. The molecule has 0 aliphatic heterocycles. The van der Waals surface area contributed by atoms with Crippen molar-refractivity contribution in [3.05, 3.63) is 36.6 Å². The van der Waals surface area contributed by atoms with E-state index >= 15 is 0 Å². The van der Waals surface area contributed by atoms with Gasteiger partial charge in [-0.2, -0.15) is 0 Å². The third kappa shape index (κ3) is 13.0. The van der Waals surface area contributed by atoms with Crippen LogP contribution in [0.4, 0.5) is 0 Å². The number of aliphatic hydroxyl groups excluding tert-OH is 1. The first kappa shape index (κ1) is 14.0. The van der Waals surface area contributed by atoms with E-state index in [9.17, 15) is 0 Å². The Morgan fingerprint density at radius 3 is 2.07 bits per heavy atom. The molecule has 0 saturated carbocycles. The van der Waals surface area contributed by atoms with Gasteiger partial charge >= 0.3 is 0 Å². The van der Waals surface area contributed by atoms with Gasteiger partial charge < -0.3 is 5.11 Å². The summed E-state index contributed by atoms with van der Waals surface area (Å²) in [6.45, 7) is 2.17. The van der Waals surface area contributed by atoms with Crippen LogP contribution in [-0.4, -0.2) is 5.11 Å². The predicted molar refractivity (Wildman–Crippen MR) is 68.0 cm³/mol. The van der Waals surface area contributed by atoms with E-state index in [2.05, 4.69) is 25.2 Å². The lowest BCUT2D eigenvalue weighted by molar-refractivity contribution is 0.473. The molecule has 0 aliphatic rings. The molecule has 0 rings (SSSR count). The van der Waals surface area contributed by atoms with Crippen molar-refractivity contribution >= 4 is 0 Å². The molecular weight excluding hydrogens is 184 g/mol. The van der Waals surface area contributed by atoms with E-state index in [0.717, 1.165) is 19.1 Å². The second kappa shape index (κ2) is 13.0. The van der Waals surface area contributed by atoms with Crippen LogP contribution in [-0.2, 0) is 0 Å². The molecule has 1 heteroatoms. The van der Waals surface area contributed by atoms with Crippen molar-refractivity contribution in [1.29, 1.82) is 0 Å². The van der Waals surface area contributed by atoms with Gasteiger partial charge in [0.2, 0.25) is 0 Å². The molecule has 0 aromatic heterocycles. The maximum atomic E-state index is 8.37. The normalized spacial score (nSPS) is 12.3. The summed E-state index contributed by atoms with van der Waals surface area (Å²) in [5.74, 6) is 0. The molecule has 0 amide bonds. The van der Waals surface area contributed by atoms with Crippen molar-refractivity contribution in [2.45, 2.75) is 51.9 Å². The molecule has 15 heavy (non-hydrogen) atoms. The molecule has 0 aromatic rings. The van der Waals surface area contributed by atoms with Gasteiger partial charge in [0.25, 0.3) is 0 Å². The van der Waals surface area contributed by atoms with Crippen LogP contribution >= 0.6 is 0 Å². The van der Waals surface area contributed by atoms with E-state index in [1.54, 1.807) is 6.08 Å². The molecule has 1 N–H and O–H groups in total. The highest BCUT2D eigenvalue weighted by atomic mass is 16.2. The van der Waals surface area contributed by atoms with Gasteiger partial charge in [-0.3, -0.25) is 0 Å². The topological polar surface area (TPSA) is 20.2 Å². The highest BCUT2D eigenvalue weighted by Gasteiger charge is 1.86. The maximum absolute atomic E-state index is 8.37. The lowest BCUT2D eigenvalue weighted by Gasteiger charge is -1.96. The number of hydrogen-bond donors (Lipinski definition) is 1. The van der Waals surface area contributed by atoms with Crippen molar-refractivity contribution in [3.8, 4) is 0 Å². The first-order chi connectivity index (χ1) is 7.41. The monoisotopic (exact) mass is 208 g/mol. The second-order valence-corrected chi connectivity index (χ2v) is 3.64. The summed E-state index contributed by atoms with van der Waals surface area (Å²) in [5, 5.41) is 8.37. The van der Waals surface area contributed by atoms with Crippen molar-refractivity contribution in [3.63, 3.8) is 0 Å². The molecule has 0 atom stereocenters. The standard InChI is InChI=1S/C14H24O/c1-2-3-4-5-6-7-8-9-10-11-12-13-14-15/h3-4,11-15H,2,5-10H2,1H3. The minimum absolute atomic E-state index is 1.07. The average Bonchev–Trinajstić information content (AvgIpc) is 2.26. The predicted octanol–water partition coefficient (Wildman–Crippen LogP) is 4.92. The fraction of sp³-hybridized carbons (Fsp3) is 0.571. The summed E-state index contributed by atoms with van der Waals surface area (Å²) in [6, 6.07) is 0. The van der Waals surface area contributed by atoms with Crippen LogP contribution in [0.25, 0.3) is 0 Å². The van der Waals surface area contributed by atoms with Gasteiger partial charge in [0.05, 0.1) is 6.26 Å². The third-order valence-electron chi connectivity index (χ3n) is 2.23. The minimum Gasteiger partial charge on any atom is -0.516 e. The van der Waals surface area contributed by atoms with Crippen LogP contribution < -0.4 is 0 Å². The quantitative estimate of drug-likeness (QED) is 0.247. The van der Waals surface area contributed by atoms with Crippen molar-refractivity contribution in [2.24, 2.45) is 0 Å². The fourth-order valence-corrected chi connectivity index (χ4v) is 1.39. The van der Waals surface area contributed by atoms with Crippen LogP contribution in [0.3, 0.4) is 0 Å². The Hall–Kier alpha value is -0.980. The molecule has 1 nitrogen and oxygen atoms in total. The fourth-order valence-electron chi connectivity index (χ4n) is 1.39. The van der Waals surface area contributed by atoms with Gasteiger partial charge in [0.15, 0.2) is 0 Å². The van der Waals surface area contributed by atoms with Gasteiger partial charge in [0.1, 0.15) is 0 Å². The van der Waals surface area contributed by atoms with Crippen LogP contribution in [0.15, 0.2) is 36.6 Å². The molecule has 0 radical (unpaired) electrons. The molecule has 0 spiro atoms. The van der Waals surface area contributed by atoms with Crippen molar-refractivity contribution < 1.29 is 5.11 Å². The SMILES string of the molecule is CCC=CCCCCCCC=CC=CO. The molecule has 0 heterocycles. The zero-order valence-electron chi connectivity index (χ0n) is 9.86. The van der Waals surface area contributed by atoms with E-state index in [1.165, 1.54) is 32.1 Å². The van der Waals surface area contributed by atoms with E-state index in [4.69, 9.17) is 5.11 Å². The molecule has 0 aromatic carbocycles. The molecule has 86 valence electrons. The zero-order chi connectivity index (χ0) is 11.2. The molecule has 0 aliphatic carbocycles. The maximum Gasteiger partial charge on any atom is 0.0791 e. The summed E-state index contributed by atoms with van der Waals surface area (Å²) in [6.07, 6.45) is 20.0. The Morgan fingerprint density at radius 1 is 0.800 bits per heavy atom. The highest BCUT2D eigenvalue weighted by Crippen LogP contribution is 2.06. The lowest BCUT2D eigenvalue weighted by Crippen LogP contribution is -1.76. The van der Waals surface area contributed by atoms with E-state index < -0.39 is 0 Å². The Labute approximate surface area is 94.2 Å². The third-order valence-corrected chi connectivity index (χ3v) is 2.23. The van der Waals surface area contributed by atoms with Gasteiger partial charge in [-0.15, -0.1) is 0 Å². The average molecular weight is 208 g/mol. The van der Waals surface area contributed by atoms with Gasteiger partial charge in [-0.05, 0) is 38.2 Å². The number of allylic oxidation sites excluding steroid dienone is 5. The van der Waals surface area contributed by atoms with Crippen molar-refractivity contribution in [2.75, 3.05) is 0 Å². The summed E-state index contributed by atoms with van der Waals surface area (Å²) >= 11 is 0. The van der Waals surface area contributed by atoms with Gasteiger partial charge in [0, 0.05) is 0 Å². The van der Waals surface area contributed by atoms with Crippen molar-refractivity contribution in [1.82, 2.24) is 0 Å². The Kier molecular flexibility index (Phi) is 12.2. The smallest absolute Gasteiger partial charge is 0.0791 e. The molecule has 0 fully saturated rings. The summed E-state index contributed by atoms with van der Waals surface area (Å²) in [7, 11) is 0. The zero-order valence-corrected chi connectivity index (χ0v) is 9.86. The Morgan fingerprint density at radius 2 is 1.47 bits per heavy atom. The molecule has 0 saturated heterocycles. The number of aliphatic hydroxyl groups is 1. The second-order valence-electron chi connectivity index (χ2n) is 3.64. The van der Waals surface area contributed by atoms with E-state index in [0.29, 0.717) is 0 Å². The summed E-state index contributed by atoms with van der Waals surface area (Å²) in [5.41, 5.74) is 0. The highest BCUT2D eigenvalue weighted by molar-refractivity contribution is 4.98. The minimum atomic E-state index is 1.07. The number of hydrogen-bond acceptors (Lipinski definition) is 1. The van der Waals surface area contributed by atoms with E-state index in [1.807, 2.05) is 6.08 Å². The van der Waals surface area contributed by atoms with Crippen LogP contribution in [0.5, 0.6) is 0 Å². The number of rotatable bonds is 9. The first-order valence-electron chi connectivity index (χ1n) is 6.02. The summed E-state index contributed by atoms with van der Waals surface area (Å²) in [4.78, 5) is 0. The van der Waals surface area contributed by atoms with Crippen LogP contribution in [0.2, 0.25) is 0 Å². The van der Waals surface area contributed by atoms with Gasteiger partial charge in [-0.1, -0.05) is 44.1 Å². The Bertz CT molecular complexity index is 190. The summed E-state index contributed by atoms with van der Waals surface area (Å²) < 4.78 is 0. The largest absolute Gasteiger partial charge is 0.516 e. The van der Waals surface area contributed by atoms with E-state index in [-0.39, 0.29) is 0 Å². The first-order valence-corrected chi connectivity index (χ1v) is 6.02. The lowest BCUT2D eigenvalue weighted by atomic mass is 10.1. The molecule has 0 bridgehead atoms. The van der Waals surface area contributed by atoms with Gasteiger partial charge in [-0.25, -0.2) is 0 Å². The molecule has 0 unspecified atom stereocenters. The molecular formula is C14H24O. The van der Waals surface area contributed by atoms with Crippen LogP contribution in [0, 0.1) is 0 Å². The van der Waals surface area contributed by atoms with Crippen LogP contribution in [0.1, 0.15) is 51.9 Å².